The number of furan rings is 1. The van der Waals surface area contributed by atoms with Gasteiger partial charge in [0.15, 0.2) is 0 Å². The molecule has 2 rings (SSSR count). The van der Waals surface area contributed by atoms with Gasteiger partial charge in [0.1, 0.15) is 11.5 Å². The summed E-state index contributed by atoms with van der Waals surface area (Å²) >= 11 is 0. The molecule has 0 aromatic carbocycles. The highest BCUT2D eigenvalue weighted by atomic mass is 19.4. The van der Waals surface area contributed by atoms with Crippen molar-refractivity contribution in [1.82, 2.24) is 0 Å². The van der Waals surface area contributed by atoms with E-state index in [1.54, 1.807) is 13.0 Å². The largest absolute Gasteiger partial charge is 0.466 e. The summed E-state index contributed by atoms with van der Waals surface area (Å²) in [4.78, 5) is 0. The van der Waals surface area contributed by atoms with Gasteiger partial charge in [-0.2, -0.15) is 13.2 Å². The molecule has 0 bridgehead atoms. The smallest absolute Gasteiger partial charge is 0.392 e. The Kier molecular flexibility index (Phi) is 2.30. The highest BCUT2D eigenvalue weighted by molar-refractivity contribution is 5.26. The van der Waals surface area contributed by atoms with E-state index < -0.39 is 18.2 Å². The van der Waals surface area contributed by atoms with Crippen LogP contribution in [0.15, 0.2) is 10.5 Å². The molecular formula is C10H11F3O2. The number of halogens is 3. The van der Waals surface area contributed by atoms with E-state index in [4.69, 9.17) is 4.42 Å². The van der Waals surface area contributed by atoms with Crippen molar-refractivity contribution < 1.29 is 22.7 Å². The van der Waals surface area contributed by atoms with Crippen molar-refractivity contribution in [2.75, 3.05) is 0 Å². The van der Waals surface area contributed by atoms with Crippen LogP contribution in [-0.2, 0) is 6.42 Å². The normalized spacial score (nSPS) is 26.5. The van der Waals surface area contributed by atoms with Crippen molar-refractivity contribution >= 4 is 0 Å². The highest BCUT2D eigenvalue weighted by Crippen LogP contribution is 2.42. The van der Waals surface area contributed by atoms with Crippen LogP contribution in [-0.4, -0.2) is 11.3 Å². The third-order valence-electron chi connectivity index (χ3n) is 2.73. The fourth-order valence-corrected chi connectivity index (χ4v) is 1.98. The first-order valence-corrected chi connectivity index (χ1v) is 4.72. The Morgan fingerprint density at radius 3 is 2.73 bits per heavy atom. The minimum absolute atomic E-state index is 0.163. The van der Waals surface area contributed by atoms with Gasteiger partial charge in [0.25, 0.3) is 0 Å². The lowest BCUT2D eigenvalue weighted by atomic mass is 9.86. The molecular weight excluding hydrogens is 209 g/mol. The lowest BCUT2D eigenvalue weighted by molar-refractivity contribution is -0.185. The van der Waals surface area contributed by atoms with E-state index >= 15 is 0 Å². The monoisotopic (exact) mass is 220 g/mol. The number of aliphatic hydroxyl groups excluding tert-OH is 1. The average molecular weight is 220 g/mol. The Bertz CT molecular complexity index is 367. The van der Waals surface area contributed by atoms with E-state index in [0.29, 0.717) is 11.3 Å². The Hall–Kier alpha value is -0.970. The van der Waals surface area contributed by atoms with E-state index in [2.05, 4.69) is 0 Å². The van der Waals surface area contributed by atoms with Gasteiger partial charge in [-0.05, 0) is 19.4 Å². The van der Waals surface area contributed by atoms with Crippen molar-refractivity contribution in [2.45, 2.75) is 32.0 Å². The molecule has 0 spiro atoms. The summed E-state index contributed by atoms with van der Waals surface area (Å²) < 4.78 is 42.5. The minimum atomic E-state index is -4.26. The molecule has 0 saturated heterocycles. The maximum Gasteiger partial charge on any atom is 0.392 e. The van der Waals surface area contributed by atoms with Crippen molar-refractivity contribution in [3.63, 3.8) is 0 Å². The van der Waals surface area contributed by atoms with E-state index in [1.165, 1.54) is 0 Å². The van der Waals surface area contributed by atoms with Crippen molar-refractivity contribution in [1.29, 1.82) is 0 Å². The topological polar surface area (TPSA) is 33.4 Å². The second-order valence-corrected chi connectivity index (χ2v) is 3.93. The number of aliphatic hydroxyl groups is 1. The fourth-order valence-electron chi connectivity index (χ4n) is 1.98. The number of alkyl halides is 3. The van der Waals surface area contributed by atoms with E-state index in [-0.39, 0.29) is 18.6 Å². The van der Waals surface area contributed by atoms with Gasteiger partial charge in [-0.25, -0.2) is 0 Å². The summed E-state index contributed by atoms with van der Waals surface area (Å²) in [6, 6.07) is 1.60. The molecule has 2 nitrogen and oxygen atoms in total. The zero-order chi connectivity index (χ0) is 11.2. The maximum atomic E-state index is 12.5. The first kappa shape index (κ1) is 10.5. The molecule has 84 valence electrons. The molecule has 1 heterocycles. The van der Waals surface area contributed by atoms with Crippen LogP contribution in [0.25, 0.3) is 0 Å². The lowest BCUT2D eigenvalue weighted by Crippen LogP contribution is -2.30. The van der Waals surface area contributed by atoms with Crippen molar-refractivity contribution in [3.8, 4) is 0 Å². The molecule has 2 atom stereocenters. The van der Waals surface area contributed by atoms with Gasteiger partial charge in [-0.15, -0.1) is 0 Å². The van der Waals surface area contributed by atoms with Crippen molar-refractivity contribution in [3.05, 3.63) is 23.2 Å². The summed E-state index contributed by atoms with van der Waals surface area (Å²) in [5.41, 5.74) is 0.507. The van der Waals surface area contributed by atoms with Gasteiger partial charge in [0, 0.05) is 12.0 Å². The second-order valence-electron chi connectivity index (χ2n) is 3.93. The quantitative estimate of drug-likeness (QED) is 0.729. The maximum absolute atomic E-state index is 12.5. The van der Waals surface area contributed by atoms with Crippen LogP contribution in [0.4, 0.5) is 13.2 Å². The molecule has 0 saturated carbocycles. The Labute approximate surface area is 84.7 Å². The SMILES string of the molecule is Cc1cc2c(o1)C[C@H](C(F)(F)F)C[C@H]2O. The zero-order valence-corrected chi connectivity index (χ0v) is 8.14. The van der Waals surface area contributed by atoms with E-state index in [1.807, 2.05) is 0 Å². The van der Waals surface area contributed by atoms with Crippen LogP contribution in [0.2, 0.25) is 0 Å². The molecule has 1 aliphatic carbocycles. The molecule has 0 amide bonds. The Morgan fingerprint density at radius 2 is 2.13 bits per heavy atom. The molecule has 0 fully saturated rings. The summed E-state index contributed by atoms with van der Waals surface area (Å²) in [5, 5.41) is 9.55. The Morgan fingerprint density at radius 1 is 1.47 bits per heavy atom. The summed E-state index contributed by atoms with van der Waals surface area (Å²) in [7, 11) is 0. The zero-order valence-electron chi connectivity index (χ0n) is 8.14. The molecule has 0 radical (unpaired) electrons. The molecule has 1 aliphatic rings. The lowest BCUT2D eigenvalue weighted by Gasteiger charge is -2.26. The minimum Gasteiger partial charge on any atom is -0.466 e. The van der Waals surface area contributed by atoms with Gasteiger partial charge in [0.05, 0.1) is 12.0 Å². The number of rotatable bonds is 0. The predicted molar refractivity (Wildman–Crippen MR) is 46.3 cm³/mol. The molecule has 1 aromatic rings. The molecule has 1 aromatic heterocycles. The number of aryl methyl sites for hydroxylation is 1. The van der Waals surface area contributed by atoms with Gasteiger partial charge in [-0.1, -0.05) is 0 Å². The highest BCUT2D eigenvalue weighted by Gasteiger charge is 2.44. The molecule has 0 aliphatic heterocycles. The molecule has 15 heavy (non-hydrogen) atoms. The third kappa shape index (κ3) is 1.88. The van der Waals surface area contributed by atoms with Gasteiger partial charge < -0.3 is 9.52 Å². The molecule has 0 unspecified atom stereocenters. The van der Waals surface area contributed by atoms with Crippen LogP contribution in [0.5, 0.6) is 0 Å². The fraction of sp³-hybridized carbons (Fsp3) is 0.600. The number of hydrogen-bond donors (Lipinski definition) is 1. The molecule has 1 N–H and O–H groups in total. The second kappa shape index (κ2) is 3.27. The van der Waals surface area contributed by atoms with Crippen LogP contribution >= 0.6 is 0 Å². The average Bonchev–Trinajstić information content (AvgIpc) is 2.44. The molecule has 5 heteroatoms. The van der Waals surface area contributed by atoms with Crippen LogP contribution in [0.3, 0.4) is 0 Å². The van der Waals surface area contributed by atoms with Gasteiger partial charge in [0.2, 0.25) is 0 Å². The third-order valence-corrected chi connectivity index (χ3v) is 2.73. The van der Waals surface area contributed by atoms with Crippen molar-refractivity contribution in [2.24, 2.45) is 5.92 Å². The Balaban J connectivity index is 2.30. The number of fused-ring (bicyclic) bond motifs is 1. The van der Waals surface area contributed by atoms with Gasteiger partial charge in [-0.3, -0.25) is 0 Å². The summed E-state index contributed by atoms with van der Waals surface area (Å²) in [6.45, 7) is 1.66. The van der Waals surface area contributed by atoms with Crippen LogP contribution < -0.4 is 0 Å². The standard InChI is InChI=1S/C10H11F3O2/c1-5-2-7-8(14)3-6(10(11,12)13)4-9(7)15-5/h2,6,8,14H,3-4H2,1H3/t6-,8-/m1/s1. The number of hydrogen-bond acceptors (Lipinski definition) is 2. The summed E-state index contributed by atoms with van der Waals surface area (Å²) in [5.74, 6) is -0.680. The first-order chi connectivity index (χ1) is 6.88. The summed E-state index contributed by atoms with van der Waals surface area (Å²) in [6.07, 6.45) is -5.75. The van der Waals surface area contributed by atoms with Crippen LogP contribution in [0.1, 0.15) is 29.6 Å². The first-order valence-electron chi connectivity index (χ1n) is 4.72. The van der Waals surface area contributed by atoms with E-state index in [0.717, 1.165) is 0 Å². The van der Waals surface area contributed by atoms with E-state index in [9.17, 15) is 18.3 Å². The van der Waals surface area contributed by atoms with Gasteiger partial charge >= 0.3 is 6.18 Å². The van der Waals surface area contributed by atoms with Crippen LogP contribution in [0, 0.1) is 12.8 Å². The predicted octanol–water partition coefficient (Wildman–Crippen LogP) is 2.75.